The smallest absolute Gasteiger partial charge is 0.328 e. The van der Waals surface area contributed by atoms with Crippen LogP contribution >= 0.6 is 0 Å². The number of fused-ring (bicyclic) bond motifs is 2. The molecule has 5 rings (SSSR count). The SMILES string of the molecule is Cc1cc(C)n(C2=NC3C(C(=O)N(Cc4cccc5ccccc45)C(=O)N3C)N2C)n1. The summed E-state index contributed by atoms with van der Waals surface area (Å²) in [4.78, 5) is 36.1. The molecule has 1 fully saturated rings. The van der Waals surface area contributed by atoms with Crippen molar-refractivity contribution in [1.29, 1.82) is 0 Å². The molecule has 1 aromatic heterocycles. The molecule has 8 nitrogen and oxygen atoms in total. The Kier molecular flexibility index (Phi) is 4.32. The Labute approximate surface area is 180 Å². The quantitative estimate of drug-likeness (QED) is 0.644. The van der Waals surface area contributed by atoms with E-state index in [1.807, 2.05) is 74.3 Å². The molecule has 0 spiro atoms. The van der Waals surface area contributed by atoms with E-state index in [9.17, 15) is 9.59 Å². The highest BCUT2D eigenvalue weighted by molar-refractivity contribution is 6.04. The topological polar surface area (TPSA) is 74.0 Å². The summed E-state index contributed by atoms with van der Waals surface area (Å²) in [6, 6.07) is 15.0. The number of aliphatic imine (C=N–C) groups is 1. The van der Waals surface area contributed by atoms with Gasteiger partial charge in [-0.2, -0.15) is 5.10 Å². The van der Waals surface area contributed by atoms with Gasteiger partial charge in [0.05, 0.1) is 12.2 Å². The molecule has 0 saturated carbocycles. The molecule has 2 atom stereocenters. The van der Waals surface area contributed by atoms with Gasteiger partial charge >= 0.3 is 6.03 Å². The van der Waals surface area contributed by atoms with Crippen molar-refractivity contribution in [2.45, 2.75) is 32.6 Å². The average Bonchev–Trinajstić information content (AvgIpc) is 3.27. The number of urea groups is 1. The highest BCUT2D eigenvalue weighted by atomic mass is 16.2. The maximum atomic E-state index is 13.5. The lowest BCUT2D eigenvalue weighted by Crippen LogP contribution is -2.64. The van der Waals surface area contributed by atoms with Crippen LogP contribution in [0.2, 0.25) is 0 Å². The summed E-state index contributed by atoms with van der Waals surface area (Å²) in [5.41, 5.74) is 2.74. The summed E-state index contributed by atoms with van der Waals surface area (Å²) in [5, 5.41) is 6.62. The number of nitrogens with zero attached hydrogens (tertiary/aromatic N) is 6. The standard InChI is InChI=1S/C23H24N6O2/c1-14-12-15(2)29(25-14)22-24-20-19(26(22)3)21(30)28(23(31)27(20)4)13-17-10-7-9-16-8-5-6-11-18(16)17/h5-12,19-20H,13H2,1-4H3. The van der Waals surface area contributed by atoms with Crippen molar-refractivity contribution < 1.29 is 9.59 Å². The van der Waals surface area contributed by atoms with Crippen LogP contribution in [0.3, 0.4) is 0 Å². The van der Waals surface area contributed by atoms with Crippen molar-refractivity contribution in [2.24, 2.45) is 4.99 Å². The Balaban J connectivity index is 1.49. The lowest BCUT2D eigenvalue weighted by Gasteiger charge is -2.40. The van der Waals surface area contributed by atoms with Crippen LogP contribution in [0.25, 0.3) is 10.8 Å². The van der Waals surface area contributed by atoms with Gasteiger partial charge in [0.2, 0.25) is 5.96 Å². The number of likely N-dealkylation sites (N-methyl/N-ethyl adjacent to an activating group) is 2. The molecule has 2 aliphatic rings. The molecule has 0 bridgehead atoms. The van der Waals surface area contributed by atoms with Crippen molar-refractivity contribution in [3.8, 4) is 0 Å². The van der Waals surface area contributed by atoms with Crippen LogP contribution in [0.4, 0.5) is 4.79 Å². The zero-order valence-electron chi connectivity index (χ0n) is 18.0. The van der Waals surface area contributed by atoms with Gasteiger partial charge < -0.3 is 9.80 Å². The fourth-order valence-electron chi connectivity index (χ4n) is 4.54. The summed E-state index contributed by atoms with van der Waals surface area (Å²) < 4.78 is 1.73. The molecule has 158 valence electrons. The number of benzene rings is 2. The lowest BCUT2D eigenvalue weighted by molar-refractivity contribution is -0.137. The first-order valence-electron chi connectivity index (χ1n) is 10.3. The maximum Gasteiger partial charge on any atom is 0.328 e. The van der Waals surface area contributed by atoms with Crippen LogP contribution in [0.15, 0.2) is 53.5 Å². The Bertz CT molecular complexity index is 1240. The third kappa shape index (κ3) is 2.90. The van der Waals surface area contributed by atoms with Gasteiger partial charge in [0.15, 0.2) is 12.2 Å². The summed E-state index contributed by atoms with van der Waals surface area (Å²) in [7, 11) is 3.53. The summed E-state index contributed by atoms with van der Waals surface area (Å²) in [6.45, 7) is 4.08. The third-order valence-electron chi connectivity index (χ3n) is 6.12. The second-order valence-corrected chi connectivity index (χ2v) is 8.19. The molecule has 3 heterocycles. The summed E-state index contributed by atoms with van der Waals surface area (Å²) >= 11 is 0. The fourth-order valence-corrected chi connectivity index (χ4v) is 4.54. The van der Waals surface area contributed by atoms with Gasteiger partial charge in [-0.25, -0.2) is 14.5 Å². The Morgan fingerprint density at radius 2 is 1.71 bits per heavy atom. The van der Waals surface area contributed by atoms with Crippen LogP contribution in [0.1, 0.15) is 17.0 Å². The number of hydrogen-bond donors (Lipinski definition) is 0. The van der Waals surface area contributed by atoms with Gasteiger partial charge in [0.25, 0.3) is 5.91 Å². The van der Waals surface area contributed by atoms with Crippen molar-refractivity contribution in [3.05, 3.63) is 65.5 Å². The molecular formula is C23H24N6O2. The monoisotopic (exact) mass is 416 g/mol. The molecule has 3 amide bonds. The van der Waals surface area contributed by atoms with E-state index in [-0.39, 0.29) is 18.5 Å². The minimum absolute atomic E-state index is 0.218. The van der Waals surface area contributed by atoms with Crippen LogP contribution in [0, 0.1) is 13.8 Å². The Morgan fingerprint density at radius 3 is 2.45 bits per heavy atom. The highest BCUT2D eigenvalue weighted by Crippen LogP contribution is 2.29. The normalized spacial score (nSPS) is 21.2. The highest BCUT2D eigenvalue weighted by Gasteiger charge is 2.51. The fraction of sp³-hybridized carbons (Fsp3) is 0.304. The zero-order chi connectivity index (χ0) is 21.9. The van der Waals surface area contributed by atoms with Crippen LogP contribution in [-0.2, 0) is 11.3 Å². The van der Waals surface area contributed by atoms with E-state index < -0.39 is 12.2 Å². The molecule has 2 aromatic carbocycles. The molecule has 31 heavy (non-hydrogen) atoms. The van der Waals surface area contributed by atoms with Crippen molar-refractivity contribution in [1.82, 2.24) is 24.5 Å². The second kappa shape index (κ2) is 6.94. The number of amides is 3. The van der Waals surface area contributed by atoms with Gasteiger partial charge in [0.1, 0.15) is 0 Å². The van der Waals surface area contributed by atoms with Gasteiger partial charge in [0, 0.05) is 19.8 Å². The number of aryl methyl sites for hydroxylation is 2. The van der Waals surface area contributed by atoms with Gasteiger partial charge in [-0.15, -0.1) is 0 Å². The third-order valence-corrected chi connectivity index (χ3v) is 6.12. The molecule has 8 heteroatoms. The molecule has 1 saturated heterocycles. The largest absolute Gasteiger partial charge is 0.328 e. The molecule has 0 aliphatic carbocycles. The lowest BCUT2D eigenvalue weighted by atomic mass is 10.0. The predicted molar refractivity (Wildman–Crippen MR) is 118 cm³/mol. The molecule has 3 aromatic rings. The maximum absolute atomic E-state index is 13.5. The molecule has 0 N–H and O–H groups in total. The first kappa shape index (κ1) is 19.3. The van der Waals surface area contributed by atoms with E-state index in [2.05, 4.69) is 5.10 Å². The van der Waals surface area contributed by atoms with Crippen LogP contribution in [-0.4, -0.2) is 68.7 Å². The minimum atomic E-state index is -0.586. The number of imide groups is 1. The zero-order valence-corrected chi connectivity index (χ0v) is 18.0. The molecule has 0 radical (unpaired) electrons. The van der Waals surface area contributed by atoms with E-state index >= 15 is 0 Å². The van der Waals surface area contributed by atoms with Gasteiger partial charge in [-0.3, -0.25) is 9.69 Å². The number of rotatable bonds is 2. The van der Waals surface area contributed by atoms with Crippen molar-refractivity contribution in [3.63, 3.8) is 0 Å². The van der Waals surface area contributed by atoms with E-state index in [1.54, 1.807) is 16.6 Å². The van der Waals surface area contributed by atoms with Gasteiger partial charge in [-0.1, -0.05) is 42.5 Å². The van der Waals surface area contributed by atoms with E-state index in [1.165, 1.54) is 4.90 Å². The average molecular weight is 416 g/mol. The van der Waals surface area contributed by atoms with Crippen LogP contribution < -0.4 is 0 Å². The number of carbonyl (C=O) groups is 2. The number of carbonyl (C=O) groups excluding carboxylic acids is 2. The predicted octanol–water partition coefficient (Wildman–Crippen LogP) is 2.59. The Hall–Kier alpha value is -3.68. The van der Waals surface area contributed by atoms with Crippen molar-refractivity contribution in [2.75, 3.05) is 14.1 Å². The first-order chi connectivity index (χ1) is 14.9. The van der Waals surface area contributed by atoms with E-state index in [4.69, 9.17) is 4.99 Å². The van der Waals surface area contributed by atoms with Crippen molar-refractivity contribution >= 4 is 28.7 Å². The van der Waals surface area contributed by atoms with Crippen LogP contribution in [0.5, 0.6) is 0 Å². The number of hydrogen-bond acceptors (Lipinski definition) is 5. The Morgan fingerprint density at radius 1 is 0.968 bits per heavy atom. The number of aromatic nitrogens is 2. The first-order valence-corrected chi connectivity index (χ1v) is 10.3. The molecule has 2 unspecified atom stereocenters. The minimum Gasteiger partial charge on any atom is -0.328 e. The second-order valence-electron chi connectivity index (χ2n) is 8.19. The summed E-state index contributed by atoms with van der Waals surface area (Å²) in [6.07, 6.45) is -0.576. The molecule has 2 aliphatic heterocycles. The van der Waals surface area contributed by atoms with E-state index in [0.717, 1.165) is 27.7 Å². The summed E-state index contributed by atoms with van der Waals surface area (Å²) in [5.74, 6) is 0.324. The molecular weight excluding hydrogens is 392 g/mol. The van der Waals surface area contributed by atoms with Gasteiger partial charge in [-0.05, 0) is 36.2 Å². The van der Waals surface area contributed by atoms with E-state index in [0.29, 0.717) is 5.96 Å².